The van der Waals surface area contributed by atoms with Gasteiger partial charge in [0, 0.05) is 6.42 Å². The molecule has 1 aromatic carbocycles. The second kappa shape index (κ2) is 7.98. The van der Waals surface area contributed by atoms with Crippen LogP contribution in [0.25, 0.3) is 6.08 Å². The number of hydrogen-bond acceptors (Lipinski definition) is 6. The Morgan fingerprint density at radius 2 is 2.22 bits per heavy atom. The van der Waals surface area contributed by atoms with Crippen LogP contribution in [0.4, 0.5) is 0 Å². The molecular formula is C15H15NO5S2. The third-order valence-corrected chi connectivity index (χ3v) is 4.08. The van der Waals surface area contributed by atoms with E-state index in [1.54, 1.807) is 24.3 Å². The van der Waals surface area contributed by atoms with Crippen LogP contribution < -0.4 is 14.8 Å². The van der Waals surface area contributed by atoms with Gasteiger partial charge in [-0.2, -0.15) is 0 Å². The van der Waals surface area contributed by atoms with Gasteiger partial charge < -0.3 is 19.9 Å². The van der Waals surface area contributed by atoms with Crippen molar-refractivity contribution in [3.8, 4) is 11.5 Å². The Hall–Kier alpha value is -2.06. The lowest BCUT2D eigenvalue weighted by Gasteiger charge is -2.11. The van der Waals surface area contributed by atoms with Gasteiger partial charge in [0.05, 0.1) is 18.6 Å². The Bertz CT molecular complexity index is 672. The van der Waals surface area contributed by atoms with Gasteiger partial charge in [-0.1, -0.05) is 30.0 Å². The van der Waals surface area contributed by atoms with Crippen molar-refractivity contribution in [2.75, 3.05) is 13.7 Å². The summed E-state index contributed by atoms with van der Waals surface area (Å²) in [5, 5.41) is 11.1. The number of amides is 1. The number of methoxy groups -OCH3 is 1. The quantitative estimate of drug-likeness (QED) is 0.442. The third-order valence-electron chi connectivity index (χ3n) is 2.92. The normalized spacial score (nSPS) is 15.6. The van der Waals surface area contributed by atoms with Crippen molar-refractivity contribution in [1.82, 2.24) is 5.32 Å². The van der Waals surface area contributed by atoms with Crippen LogP contribution in [0.1, 0.15) is 18.4 Å². The van der Waals surface area contributed by atoms with Crippen LogP contribution in [0, 0.1) is 0 Å². The number of benzene rings is 1. The molecule has 1 amide bonds. The van der Waals surface area contributed by atoms with Crippen molar-refractivity contribution < 1.29 is 24.2 Å². The average molecular weight is 353 g/mol. The molecule has 0 atom stereocenters. The first-order valence-corrected chi connectivity index (χ1v) is 7.99. The molecule has 1 fully saturated rings. The van der Waals surface area contributed by atoms with Gasteiger partial charge in [-0.25, -0.2) is 0 Å². The number of nitrogens with one attached hydrogen (secondary N) is 1. The van der Waals surface area contributed by atoms with Crippen molar-refractivity contribution in [2.24, 2.45) is 0 Å². The van der Waals surface area contributed by atoms with Crippen LogP contribution in [0.15, 0.2) is 23.1 Å². The Morgan fingerprint density at radius 1 is 1.43 bits per heavy atom. The van der Waals surface area contributed by atoms with Crippen molar-refractivity contribution in [1.29, 1.82) is 0 Å². The van der Waals surface area contributed by atoms with E-state index in [2.05, 4.69) is 5.32 Å². The predicted octanol–water partition coefficient (Wildman–Crippen LogP) is 2.43. The first kappa shape index (κ1) is 17.3. The number of rotatable bonds is 7. The second-order valence-corrected chi connectivity index (χ2v) is 6.33. The standard InChI is InChI=1S/C15H15NO5S2/c1-20-11-7-9(8-12-14(19)16-15(22)23-12)4-5-10(11)21-6-2-3-13(17)18/h4-5,7-8H,2-3,6H2,1H3,(H,17,18)(H,16,19,22)/b12-8+. The van der Waals surface area contributed by atoms with Crippen LogP contribution in [0.3, 0.4) is 0 Å². The maximum absolute atomic E-state index is 11.6. The molecule has 6 nitrogen and oxygen atoms in total. The van der Waals surface area contributed by atoms with Crippen molar-refractivity contribution in [3.63, 3.8) is 0 Å². The summed E-state index contributed by atoms with van der Waals surface area (Å²) < 4.78 is 11.2. The fraction of sp³-hybridized carbons (Fsp3) is 0.267. The zero-order chi connectivity index (χ0) is 16.8. The van der Waals surface area contributed by atoms with E-state index in [4.69, 9.17) is 26.8 Å². The molecule has 2 rings (SSSR count). The van der Waals surface area contributed by atoms with E-state index in [0.717, 1.165) is 5.56 Å². The number of thiocarbonyl (C=S) groups is 1. The molecule has 1 aliphatic heterocycles. The summed E-state index contributed by atoms with van der Waals surface area (Å²) in [7, 11) is 1.52. The topological polar surface area (TPSA) is 84.9 Å². The molecule has 1 saturated heterocycles. The minimum Gasteiger partial charge on any atom is -0.493 e. The highest BCUT2D eigenvalue weighted by atomic mass is 32.2. The molecule has 122 valence electrons. The Balaban J connectivity index is 2.07. The van der Waals surface area contributed by atoms with Crippen LogP contribution in [-0.4, -0.2) is 35.0 Å². The van der Waals surface area contributed by atoms with E-state index in [9.17, 15) is 9.59 Å². The minimum absolute atomic E-state index is 0.0543. The molecule has 0 spiro atoms. The van der Waals surface area contributed by atoms with Gasteiger partial charge in [0.1, 0.15) is 4.32 Å². The van der Waals surface area contributed by atoms with Crippen LogP contribution in [0.5, 0.6) is 11.5 Å². The van der Waals surface area contributed by atoms with Crippen LogP contribution in [0.2, 0.25) is 0 Å². The Labute approximate surface area is 142 Å². The number of carbonyl (C=O) groups excluding carboxylic acids is 1. The van der Waals surface area contributed by atoms with Crippen molar-refractivity contribution in [2.45, 2.75) is 12.8 Å². The minimum atomic E-state index is -0.854. The zero-order valence-corrected chi connectivity index (χ0v) is 14.0. The van der Waals surface area contributed by atoms with Gasteiger partial charge in [0.15, 0.2) is 11.5 Å². The lowest BCUT2D eigenvalue weighted by molar-refractivity contribution is -0.137. The lowest BCUT2D eigenvalue weighted by atomic mass is 10.2. The first-order chi connectivity index (χ1) is 11.0. The molecule has 0 saturated carbocycles. The Morgan fingerprint density at radius 3 is 2.83 bits per heavy atom. The molecule has 0 aromatic heterocycles. The van der Waals surface area contributed by atoms with Crippen LogP contribution in [-0.2, 0) is 9.59 Å². The highest BCUT2D eigenvalue weighted by molar-refractivity contribution is 8.26. The van der Waals surface area contributed by atoms with E-state index in [0.29, 0.717) is 27.1 Å². The number of carboxylic acids is 1. The second-order valence-electron chi connectivity index (χ2n) is 4.61. The molecule has 1 aromatic rings. The maximum Gasteiger partial charge on any atom is 0.303 e. The predicted molar refractivity (Wildman–Crippen MR) is 91.7 cm³/mol. The zero-order valence-electron chi connectivity index (χ0n) is 12.3. The summed E-state index contributed by atoms with van der Waals surface area (Å²) in [5.74, 6) is -0.0273. The molecule has 0 bridgehead atoms. The van der Waals surface area contributed by atoms with Crippen LogP contribution >= 0.6 is 24.0 Å². The summed E-state index contributed by atoms with van der Waals surface area (Å²) in [5.41, 5.74) is 0.780. The molecule has 23 heavy (non-hydrogen) atoms. The number of thioether (sulfide) groups is 1. The summed E-state index contributed by atoms with van der Waals surface area (Å²) in [6.07, 6.45) is 2.19. The largest absolute Gasteiger partial charge is 0.493 e. The average Bonchev–Trinajstić information content (AvgIpc) is 2.82. The highest BCUT2D eigenvalue weighted by Gasteiger charge is 2.22. The van der Waals surface area contributed by atoms with E-state index < -0.39 is 5.97 Å². The van der Waals surface area contributed by atoms with Gasteiger partial charge in [0.2, 0.25) is 0 Å². The van der Waals surface area contributed by atoms with Crippen molar-refractivity contribution in [3.05, 3.63) is 28.7 Å². The first-order valence-electron chi connectivity index (χ1n) is 6.77. The summed E-state index contributed by atoms with van der Waals surface area (Å²) in [6, 6.07) is 5.26. The fourth-order valence-electron chi connectivity index (χ4n) is 1.87. The van der Waals surface area contributed by atoms with Gasteiger partial charge >= 0.3 is 5.97 Å². The molecule has 1 heterocycles. The van der Waals surface area contributed by atoms with E-state index in [1.807, 2.05) is 0 Å². The van der Waals surface area contributed by atoms with Crippen molar-refractivity contribution >= 4 is 46.3 Å². The summed E-state index contributed by atoms with van der Waals surface area (Å²) >= 11 is 6.15. The Kier molecular flexibility index (Phi) is 6.00. The molecule has 0 radical (unpaired) electrons. The highest BCUT2D eigenvalue weighted by Crippen LogP contribution is 2.31. The molecule has 0 aliphatic carbocycles. The van der Waals surface area contributed by atoms with E-state index in [-0.39, 0.29) is 18.9 Å². The van der Waals surface area contributed by atoms with E-state index >= 15 is 0 Å². The van der Waals surface area contributed by atoms with E-state index in [1.165, 1.54) is 18.9 Å². The monoisotopic (exact) mass is 353 g/mol. The van der Waals surface area contributed by atoms with Gasteiger partial charge in [-0.05, 0) is 30.2 Å². The number of ether oxygens (including phenoxy) is 2. The van der Waals surface area contributed by atoms with Gasteiger partial charge in [0.25, 0.3) is 5.91 Å². The number of carbonyl (C=O) groups is 2. The smallest absolute Gasteiger partial charge is 0.303 e. The molecule has 0 unspecified atom stereocenters. The summed E-state index contributed by atoms with van der Waals surface area (Å²) in [4.78, 5) is 22.6. The lowest BCUT2D eigenvalue weighted by Crippen LogP contribution is -2.17. The van der Waals surface area contributed by atoms with Gasteiger partial charge in [-0.3, -0.25) is 9.59 Å². The third kappa shape index (κ3) is 4.97. The molecular weight excluding hydrogens is 338 g/mol. The maximum atomic E-state index is 11.6. The fourth-order valence-corrected chi connectivity index (χ4v) is 2.92. The molecule has 2 N–H and O–H groups in total. The van der Waals surface area contributed by atoms with Gasteiger partial charge in [-0.15, -0.1) is 0 Å². The molecule has 8 heteroatoms. The summed E-state index contributed by atoms with van der Waals surface area (Å²) in [6.45, 7) is 0.287. The number of hydrogen-bond donors (Lipinski definition) is 2. The number of carboxylic acid groups (broad SMARTS) is 1. The molecule has 1 aliphatic rings. The SMILES string of the molecule is COc1cc(/C=C2/SC(=S)NC2=O)ccc1OCCCC(=O)O. The number of aliphatic carboxylic acids is 1.